The zero-order chi connectivity index (χ0) is 22.0. The molecule has 3 aromatic rings. The Morgan fingerprint density at radius 2 is 1.94 bits per heavy atom. The van der Waals surface area contributed by atoms with Crippen molar-refractivity contribution < 1.29 is 14.4 Å². The normalized spacial score (nSPS) is 18.2. The van der Waals surface area contributed by atoms with Crippen molar-refractivity contribution in [3.63, 3.8) is 0 Å². The molecule has 7 nitrogen and oxygen atoms in total. The molecule has 4 amide bonds. The average Bonchev–Trinajstić information content (AvgIpc) is 3.31. The predicted octanol–water partition coefficient (Wildman–Crippen LogP) is 3.91. The lowest BCUT2D eigenvalue weighted by Crippen LogP contribution is -2.44. The molecule has 0 radical (unpaired) electrons. The van der Waals surface area contributed by atoms with E-state index in [2.05, 4.69) is 15.6 Å². The second-order valence-corrected chi connectivity index (χ2v) is 8.39. The Hall–Kier alpha value is -3.52. The zero-order valence-electron chi connectivity index (χ0n) is 17.2. The van der Waals surface area contributed by atoms with Gasteiger partial charge in [0.1, 0.15) is 12.1 Å². The summed E-state index contributed by atoms with van der Waals surface area (Å²) in [4.78, 5) is 43.8. The highest BCUT2D eigenvalue weighted by atomic mass is 32.1. The van der Waals surface area contributed by atoms with Crippen molar-refractivity contribution in [2.45, 2.75) is 25.8 Å². The molecule has 2 N–H and O–H groups in total. The number of thiazole rings is 1. The van der Waals surface area contributed by atoms with Crippen LogP contribution in [-0.4, -0.2) is 34.3 Å². The van der Waals surface area contributed by atoms with Gasteiger partial charge in [0.2, 0.25) is 5.91 Å². The Labute approximate surface area is 184 Å². The molecule has 1 aliphatic heterocycles. The zero-order valence-corrected chi connectivity index (χ0v) is 18.0. The minimum absolute atomic E-state index is 0.362. The van der Waals surface area contributed by atoms with E-state index in [-0.39, 0.29) is 6.54 Å². The van der Waals surface area contributed by atoms with E-state index in [0.717, 1.165) is 21.2 Å². The number of nitrogens with one attached hydrogen (secondary N) is 2. The summed E-state index contributed by atoms with van der Waals surface area (Å²) in [6.45, 7) is 3.41. The van der Waals surface area contributed by atoms with E-state index in [0.29, 0.717) is 17.7 Å². The third-order valence-electron chi connectivity index (χ3n) is 5.34. The highest BCUT2D eigenvalue weighted by molar-refractivity contribution is 7.09. The van der Waals surface area contributed by atoms with Crippen LogP contribution in [0.25, 0.3) is 11.3 Å². The second kappa shape index (κ2) is 8.31. The molecule has 0 bridgehead atoms. The van der Waals surface area contributed by atoms with E-state index in [4.69, 9.17) is 0 Å². The number of hydrogen-bond acceptors (Lipinski definition) is 5. The average molecular weight is 435 g/mol. The van der Waals surface area contributed by atoms with Crippen LogP contribution in [-0.2, 0) is 15.1 Å². The van der Waals surface area contributed by atoms with Crippen molar-refractivity contribution in [3.05, 3.63) is 70.5 Å². The molecule has 31 heavy (non-hydrogen) atoms. The van der Waals surface area contributed by atoms with Gasteiger partial charge in [-0.2, -0.15) is 0 Å². The molecule has 1 fully saturated rings. The molecule has 1 unspecified atom stereocenters. The summed E-state index contributed by atoms with van der Waals surface area (Å²) < 4.78 is 0. The number of hydrogen-bond donors (Lipinski definition) is 2. The van der Waals surface area contributed by atoms with Crippen molar-refractivity contribution in [2.75, 3.05) is 11.9 Å². The fraction of sp³-hybridized carbons (Fsp3) is 0.217. The fourth-order valence-electron chi connectivity index (χ4n) is 3.73. The van der Waals surface area contributed by atoms with Crippen molar-refractivity contribution in [1.29, 1.82) is 0 Å². The number of urea groups is 1. The predicted molar refractivity (Wildman–Crippen MR) is 120 cm³/mol. The van der Waals surface area contributed by atoms with Gasteiger partial charge in [0, 0.05) is 16.6 Å². The molecule has 2 heterocycles. The lowest BCUT2D eigenvalue weighted by molar-refractivity contribution is -0.134. The smallest absolute Gasteiger partial charge is 0.325 e. The molecular formula is C23H22N4O3S. The second-order valence-electron chi connectivity index (χ2n) is 7.33. The third-order valence-corrected chi connectivity index (χ3v) is 6.11. The van der Waals surface area contributed by atoms with Crippen molar-refractivity contribution >= 4 is 34.9 Å². The lowest BCUT2D eigenvalue weighted by Gasteiger charge is -2.25. The Morgan fingerprint density at radius 3 is 2.61 bits per heavy atom. The van der Waals surface area contributed by atoms with Crippen LogP contribution in [0.2, 0.25) is 0 Å². The first-order valence-corrected chi connectivity index (χ1v) is 10.8. The molecule has 158 valence electrons. The summed E-state index contributed by atoms with van der Waals surface area (Å²) in [5.74, 6) is -0.872. The van der Waals surface area contributed by atoms with Crippen LogP contribution in [0.3, 0.4) is 0 Å². The van der Waals surface area contributed by atoms with E-state index < -0.39 is 23.4 Å². The molecule has 0 aliphatic carbocycles. The first kappa shape index (κ1) is 20.7. The number of carbonyl (C=O) groups excluding carboxylic acids is 3. The van der Waals surface area contributed by atoms with Gasteiger partial charge < -0.3 is 10.6 Å². The van der Waals surface area contributed by atoms with Gasteiger partial charge in [-0.05, 0) is 31.0 Å². The van der Waals surface area contributed by atoms with Crippen molar-refractivity contribution in [2.24, 2.45) is 0 Å². The molecule has 0 saturated carbocycles. The molecule has 4 rings (SSSR count). The van der Waals surface area contributed by atoms with Gasteiger partial charge >= 0.3 is 6.03 Å². The molecule has 2 aromatic carbocycles. The highest BCUT2D eigenvalue weighted by Gasteiger charge is 2.51. The Balaban J connectivity index is 1.49. The van der Waals surface area contributed by atoms with Gasteiger partial charge in [-0.15, -0.1) is 11.3 Å². The molecule has 1 atom stereocenters. The molecule has 8 heteroatoms. The number of rotatable bonds is 6. The summed E-state index contributed by atoms with van der Waals surface area (Å²) in [5, 5.41) is 8.48. The van der Waals surface area contributed by atoms with Crippen LogP contribution in [0.4, 0.5) is 10.5 Å². The van der Waals surface area contributed by atoms with Gasteiger partial charge in [0.15, 0.2) is 0 Å². The van der Waals surface area contributed by atoms with Crippen LogP contribution in [0.15, 0.2) is 60.0 Å². The summed E-state index contributed by atoms with van der Waals surface area (Å²) >= 11 is 1.55. The SMILES string of the molecule is CCC1(c2ccccc2)NC(=O)N(CC(=O)Nc2cccc(-c3csc(C)n3)c2)C1=O. The lowest BCUT2D eigenvalue weighted by atomic mass is 9.87. The Kier molecular flexibility index (Phi) is 5.56. The molecule has 1 aliphatic rings. The van der Waals surface area contributed by atoms with Gasteiger partial charge in [0.25, 0.3) is 5.91 Å². The first-order chi connectivity index (χ1) is 14.9. The van der Waals surface area contributed by atoms with Gasteiger partial charge in [0.05, 0.1) is 10.7 Å². The van der Waals surface area contributed by atoms with Gasteiger partial charge in [-0.25, -0.2) is 9.78 Å². The third kappa shape index (κ3) is 3.94. The summed E-state index contributed by atoms with van der Waals surface area (Å²) in [5.41, 5.74) is 1.84. The molecule has 1 aromatic heterocycles. The van der Waals surface area contributed by atoms with E-state index in [9.17, 15) is 14.4 Å². The Bertz CT molecular complexity index is 1140. The summed E-state index contributed by atoms with van der Waals surface area (Å²) in [7, 11) is 0. The summed E-state index contributed by atoms with van der Waals surface area (Å²) in [6, 6.07) is 15.8. The number of aryl methyl sites for hydroxylation is 1. The number of aromatic nitrogens is 1. The number of amides is 4. The van der Waals surface area contributed by atoms with Crippen LogP contribution in [0.5, 0.6) is 0 Å². The van der Waals surface area contributed by atoms with Crippen LogP contribution >= 0.6 is 11.3 Å². The molecular weight excluding hydrogens is 412 g/mol. The minimum Gasteiger partial charge on any atom is -0.325 e. The van der Waals surface area contributed by atoms with E-state index in [1.54, 1.807) is 29.5 Å². The van der Waals surface area contributed by atoms with E-state index >= 15 is 0 Å². The van der Waals surface area contributed by atoms with Crippen LogP contribution < -0.4 is 10.6 Å². The number of imide groups is 1. The molecule has 1 saturated heterocycles. The number of nitrogens with zero attached hydrogens (tertiary/aromatic N) is 2. The van der Waals surface area contributed by atoms with Gasteiger partial charge in [-0.1, -0.05) is 49.4 Å². The maximum Gasteiger partial charge on any atom is 0.325 e. The standard InChI is InChI=1S/C23H22N4O3S/c1-3-23(17-9-5-4-6-10-17)21(29)27(22(30)26-23)13-20(28)25-18-11-7-8-16(12-18)19-14-31-15(2)24-19/h4-12,14H,3,13H2,1-2H3,(H,25,28)(H,26,30). The monoisotopic (exact) mass is 434 g/mol. The van der Waals surface area contributed by atoms with Crippen LogP contribution in [0.1, 0.15) is 23.9 Å². The maximum atomic E-state index is 13.2. The quantitative estimate of drug-likeness (QED) is 0.576. The minimum atomic E-state index is -1.15. The van der Waals surface area contributed by atoms with Crippen molar-refractivity contribution in [1.82, 2.24) is 15.2 Å². The fourth-order valence-corrected chi connectivity index (χ4v) is 4.35. The largest absolute Gasteiger partial charge is 0.325 e. The molecule has 0 spiro atoms. The van der Waals surface area contributed by atoms with Crippen molar-refractivity contribution in [3.8, 4) is 11.3 Å². The topological polar surface area (TPSA) is 91.4 Å². The van der Waals surface area contributed by atoms with E-state index in [1.807, 2.05) is 55.6 Å². The summed E-state index contributed by atoms with van der Waals surface area (Å²) in [6.07, 6.45) is 0.384. The highest BCUT2D eigenvalue weighted by Crippen LogP contribution is 2.32. The van der Waals surface area contributed by atoms with Gasteiger partial charge in [-0.3, -0.25) is 14.5 Å². The first-order valence-electron chi connectivity index (χ1n) is 9.95. The number of anilines is 1. The number of benzene rings is 2. The van der Waals surface area contributed by atoms with Crippen LogP contribution in [0, 0.1) is 6.92 Å². The number of carbonyl (C=O) groups is 3. The maximum absolute atomic E-state index is 13.2. The van der Waals surface area contributed by atoms with E-state index in [1.165, 1.54) is 0 Å². The Morgan fingerprint density at radius 1 is 1.16 bits per heavy atom.